The summed E-state index contributed by atoms with van der Waals surface area (Å²) in [5.41, 5.74) is 3.42. The molecule has 0 radical (unpaired) electrons. The molecule has 2 aromatic rings. The lowest BCUT2D eigenvalue weighted by Crippen LogP contribution is -2.33. The minimum Gasteiger partial charge on any atom is -0.494 e. The first-order valence-electron chi connectivity index (χ1n) is 11.8. The summed E-state index contributed by atoms with van der Waals surface area (Å²) in [6.07, 6.45) is 4.62. The number of hydrogen-bond acceptors (Lipinski definition) is 5. The lowest BCUT2D eigenvalue weighted by molar-refractivity contribution is -0.120. The van der Waals surface area contributed by atoms with E-state index in [4.69, 9.17) is 9.84 Å². The number of benzene rings is 2. The molecular weight excluding hydrogens is 421 g/mol. The van der Waals surface area contributed by atoms with Gasteiger partial charge in [0, 0.05) is 25.7 Å². The van der Waals surface area contributed by atoms with Crippen LogP contribution in [0.25, 0.3) is 0 Å². The Morgan fingerprint density at radius 2 is 1.85 bits per heavy atom. The van der Waals surface area contributed by atoms with Crippen LogP contribution >= 0.6 is 0 Å². The highest BCUT2D eigenvalue weighted by molar-refractivity contribution is 5.78. The Balaban J connectivity index is 1.37. The largest absolute Gasteiger partial charge is 0.494 e. The number of aliphatic hydroxyl groups is 1. The van der Waals surface area contributed by atoms with Gasteiger partial charge < -0.3 is 25.8 Å². The summed E-state index contributed by atoms with van der Waals surface area (Å²) >= 11 is 0. The number of carbonyl (C=O) groups excluding carboxylic acids is 1. The molecule has 0 bridgehead atoms. The highest BCUT2D eigenvalue weighted by Gasteiger charge is 2.25. The van der Waals surface area contributed by atoms with E-state index >= 15 is 0 Å². The summed E-state index contributed by atoms with van der Waals surface area (Å²) in [7, 11) is 1.49. The SMILES string of the molecule is COc1cc(CCN[C@H]2CC[C@@H](c3ccc(CC(=O)NCCNCCO)cc3)C2)ccc1F. The molecule has 0 saturated heterocycles. The summed E-state index contributed by atoms with van der Waals surface area (Å²) in [4.78, 5) is 12.1. The van der Waals surface area contributed by atoms with Gasteiger partial charge in [0.1, 0.15) is 0 Å². The van der Waals surface area contributed by atoms with Gasteiger partial charge >= 0.3 is 0 Å². The van der Waals surface area contributed by atoms with Crippen molar-refractivity contribution in [2.24, 2.45) is 0 Å². The maximum absolute atomic E-state index is 13.5. The molecule has 33 heavy (non-hydrogen) atoms. The van der Waals surface area contributed by atoms with Crippen LogP contribution in [0.2, 0.25) is 0 Å². The molecule has 0 unspecified atom stereocenters. The van der Waals surface area contributed by atoms with Crippen LogP contribution in [0.15, 0.2) is 42.5 Å². The minimum atomic E-state index is -0.328. The summed E-state index contributed by atoms with van der Waals surface area (Å²) in [5.74, 6) is 0.516. The van der Waals surface area contributed by atoms with Crippen LogP contribution in [-0.4, -0.2) is 57.0 Å². The zero-order chi connectivity index (χ0) is 23.5. The molecule has 0 aromatic heterocycles. The quantitative estimate of drug-likeness (QED) is 0.348. The molecule has 7 heteroatoms. The Morgan fingerprint density at radius 1 is 1.06 bits per heavy atom. The molecule has 4 N–H and O–H groups in total. The average Bonchev–Trinajstić information content (AvgIpc) is 3.29. The Morgan fingerprint density at radius 3 is 2.61 bits per heavy atom. The fraction of sp³-hybridized carbons (Fsp3) is 0.500. The van der Waals surface area contributed by atoms with Crippen LogP contribution in [0.3, 0.4) is 0 Å². The molecule has 1 aliphatic rings. The minimum absolute atomic E-state index is 0.0115. The van der Waals surface area contributed by atoms with E-state index in [1.165, 1.54) is 18.7 Å². The van der Waals surface area contributed by atoms with Crippen molar-refractivity contribution in [1.82, 2.24) is 16.0 Å². The normalized spacial score (nSPS) is 17.8. The third-order valence-electron chi connectivity index (χ3n) is 6.22. The molecule has 2 atom stereocenters. The molecule has 0 aliphatic heterocycles. The number of aliphatic hydroxyl groups excluding tert-OH is 1. The predicted octanol–water partition coefficient (Wildman–Crippen LogP) is 2.54. The van der Waals surface area contributed by atoms with E-state index in [1.54, 1.807) is 6.07 Å². The van der Waals surface area contributed by atoms with Crippen molar-refractivity contribution < 1.29 is 19.0 Å². The van der Waals surface area contributed by atoms with Gasteiger partial charge in [-0.3, -0.25) is 4.79 Å². The van der Waals surface area contributed by atoms with Crippen LogP contribution in [0.1, 0.15) is 41.9 Å². The zero-order valence-electron chi connectivity index (χ0n) is 19.4. The number of nitrogens with one attached hydrogen (secondary N) is 3. The summed E-state index contributed by atoms with van der Waals surface area (Å²) < 4.78 is 18.6. The van der Waals surface area contributed by atoms with Crippen molar-refractivity contribution in [3.63, 3.8) is 0 Å². The van der Waals surface area contributed by atoms with Crippen molar-refractivity contribution in [2.45, 2.75) is 44.1 Å². The Labute approximate surface area is 195 Å². The van der Waals surface area contributed by atoms with Gasteiger partial charge in [-0.25, -0.2) is 4.39 Å². The van der Waals surface area contributed by atoms with Crippen LogP contribution < -0.4 is 20.7 Å². The van der Waals surface area contributed by atoms with Crippen molar-refractivity contribution in [1.29, 1.82) is 0 Å². The van der Waals surface area contributed by atoms with Gasteiger partial charge in [0.2, 0.25) is 5.91 Å². The monoisotopic (exact) mass is 457 g/mol. The number of carbonyl (C=O) groups is 1. The number of hydrogen-bond donors (Lipinski definition) is 4. The molecule has 1 aliphatic carbocycles. The second-order valence-electron chi connectivity index (χ2n) is 8.62. The number of amides is 1. The lowest BCUT2D eigenvalue weighted by atomic mass is 9.96. The van der Waals surface area contributed by atoms with Crippen LogP contribution in [0.4, 0.5) is 4.39 Å². The molecule has 1 saturated carbocycles. The predicted molar refractivity (Wildman–Crippen MR) is 128 cm³/mol. The fourth-order valence-electron chi connectivity index (χ4n) is 4.40. The molecular formula is C26H36FN3O3. The van der Waals surface area contributed by atoms with E-state index in [0.29, 0.717) is 43.8 Å². The second kappa shape index (κ2) is 13.3. The molecule has 1 fully saturated rings. The van der Waals surface area contributed by atoms with Gasteiger partial charge in [0.25, 0.3) is 0 Å². The van der Waals surface area contributed by atoms with E-state index in [2.05, 4.69) is 40.2 Å². The standard InChI is InChI=1S/C26H36FN3O3/c1-33-25-16-20(4-9-24(25)27)10-11-29-23-8-7-22(18-23)21-5-2-19(3-6-21)17-26(32)30-13-12-28-14-15-31/h2-6,9,16,22-23,28-29,31H,7-8,10-15,17-18H2,1H3,(H,30,32)/t22-,23+/m1/s1. The van der Waals surface area contributed by atoms with Crippen LogP contribution in [0.5, 0.6) is 5.75 Å². The van der Waals surface area contributed by atoms with Gasteiger partial charge in [-0.15, -0.1) is 0 Å². The first kappa shape index (κ1) is 25.1. The first-order chi connectivity index (χ1) is 16.1. The molecule has 2 aromatic carbocycles. The van der Waals surface area contributed by atoms with Crippen molar-refractivity contribution in [2.75, 3.05) is 39.9 Å². The third-order valence-corrected chi connectivity index (χ3v) is 6.22. The third kappa shape index (κ3) is 8.11. The zero-order valence-corrected chi connectivity index (χ0v) is 19.4. The molecule has 3 rings (SSSR count). The Bertz CT molecular complexity index is 876. The van der Waals surface area contributed by atoms with Gasteiger partial charge in [0.15, 0.2) is 11.6 Å². The fourth-order valence-corrected chi connectivity index (χ4v) is 4.40. The summed E-state index contributed by atoms with van der Waals surface area (Å²) in [6, 6.07) is 14.0. The second-order valence-corrected chi connectivity index (χ2v) is 8.62. The van der Waals surface area contributed by atoms with Crippen LogP contribution in [-0.2, 0) is 17.6 Å². The Kier molecular flexibility index (Phi) is 10.1. The highest BCUT2D eigenvalue weighted by atomic mass is 19.1. The molecule has 1 amide bonds. The maximum atomic E-state index is 13.5. The number of methoxy groups -OCH3 is 1. The van der Waals surface area contributed by atoms with Gasteiger partial charge in [0.05, 0.1) is 20.1 Å². The summed E-state index contributed by atoms with van der Waals surface area (Å²) in [6.45, 7) is 2.71. The van der Waals surface area contributed by atoms with Crippen molar-refractivity contribution in [3.8, 4) is 5.75 Å². The van der Waals surface area contributed by atoms with E-state index in [9.17, 15) is 9.18 Å². The molecule has 0 heterocycles. The van der Waals surface area contributed by atoms with Crippen molar-refractivity contribution >= 4 is 5.91 Å². The topological polar surface area (TPSA) is 82.6 Å². The highest BCUT2D eigenvalue weighted by Crippen LogP contribution is 2.34. The smallest absolute Gasteiger partial charge is 0.224 e. The lowest BCUT2D eigenvalue weighted by Gasteiger charge is -2.14. The van der Waals surface area contributed by atoms with Crippen molar-refractivity contribution in [3.05, 3.63) is 65.0 Å². The molecule has 0 spiro atoms. The average molecular weight is 458 g/mol. The van der Waals surface area contributed by atoms with E-state index < -0.39 is 0 Å². The van der Waals surface area contributed by atoms with Gasteiger partial charge in [-0.05, 0) is 67.0 Å². The maximum Gasteiger partial charge on any atom is 0.224 e. The first-order valence-corrected chi connectivity index (χ1v) is 11.8. The van der Waals surface area contributed by atoms with E-state index in [0.717, 1.165) is 43.4 Å². The molecule has 180 valence electrons. The van der Waals surface area contributed by atoms with Gasteiger partial charge in [-0.2, -0.15) is 0 Å². The van der Waals surface area contributed by atoms with Gasteiger partial charge in [-0.1, -0.05) is 30.3 Å². The summed E-state index contributed by atoms with van der Waals surface area (Å²) in [5, 5.41) is 18.3. The van der Waals surface area contributed by atoms with Crippen LogP contribution in [0, 0.1) is 5.82 Å². The number of ether oxygens (including phenoxy) is 1. The Hall–Kier alpha value is -2.48. The molecule has 6 nitrogen and oxygen atoms in total. The number of halogens is 1. The van der Waals surface area contributed by atoms with E-state index in [1.807, 2.05) is 6.07 Å². The van der Waals surface area contributed by atoms with E-state index in [-0.39, 0.29) is 18.3 Å². The number of rotatable bonds is 13.